The maximum atomic E-state index is 14.0. The first-order valence-corrected chi connectivity index (χ1v) is 12.3. The van der Waals surface area contributed by atoms with Gasteiger partial charge in [-0.25, -0.2) is 14.0 Å². The number of nitrogens with one attached hydrogen (secondary N) is 2. The van der Waals surface area contributed by atoms with Crippen molar-refractivity contribution >= 4 is 5.91 Å². The summed E-state index contributed by atoms with van der Waals surface area (Å²) in [7, 11) is 0. The molecular formula is C30H34F5N3O. The Morgan fingerprint density at radius 2 is 1.54 bits per heavy atom. The molecule has 0 spiro atoms. The van der Waals surface area contributed by atoms with Gasteiger partial charge in [-0.1, -0.05) is 81.6 Å². The van der Waals surface area contributed by atoms with Crippen molar-refractivity contribution in [3.05, 3.63) is 97.1 Å². The van der Waals surface area contributed by atoms with Crippen molar-refractivity contribution in [1.29, 1.82) is 5.26 Å². The Hall–Kier alpha value is -3.77. The van der Waals surface area contributed by atoms with Gasteiger partial charge in [0.25, 0.3) is 0 Å². The van der Waals surface area contributed by atoms with Gasteiger partial charge in [-0.05, 0) is 48.4 Å². The molecule has 1 aliphatic carbocycles. The summed E-state index contributed by atoms with van der Waals surface area (Å²) < 4.78 is 69.6. The molecule has 1 fully saturated rings. The zero-order valence-electron chi connectivity index (χ0n) is 22.0. The molecule has 0 heterocycles. The van der Waals surface area contributed by atoms with E-state index in [-0.39, 0.29) is 35.1 Å². The highest BCUT2D eigenvalue weighted by atomic mass is 19.4. The molecule has 4 nitrogen and oxygen atoms in total. The second-order valence-electron chi connectivity index (χ2n) is 9.18. The van der Waals surface area contributed by atoms with Gasteiger partial charge in [0.05, 0.1) is 11.6 Å². The fraction of sp³-hybridized carbons (Fsp3) is 0.333. The number of carbonyl (C=O) groups is 1. The molecule has 9 heteroatoms. The van der Waals surface area contributed by atoms with E-state index in [0.717, 1.165) is 25.0 Å². The van der Waals surface area contributed by atoms with Crippen LogP contribution in [0.25, 0.3) is 11.1 Å². The van der Waals surface area contributed by atoms with Crippen molar-refractivity contribution in [2.24, 2.45) is 5.92 Å². The molecule has 2 aromatic carbocycles. The maximum Gasteiger partial charge on any atom is 0.407 e. The molecule has 1 amide bonds. The summed E-state index contributed by atoms with van der Waals surface area (Å²) in [5.74, 6) is -2.04. The van der Waals surface area contributed by atoms with Crippen LogP contribution in [0.2, 0.25) is 0 Å². The molecule has 3 rings (SSSR count). The average molecular weight is 548 g/mol. The molecule has 1 saturated carbocycles. The molecular weight excluding hydrogens is 513 g/mol. The van der Waals surface area contributed by atoms with E-state index in [2.05, 4.69) is 30.4 Å². The number of halogens is 5. The van der Waals surface area contributed by atoms with Crippen LogP contribution in [-0.4, -0.2) is 24.2 Å². The van der Waals surface area contributed by atoms with Crippen LogP contribution in [0.5, 0.6) is 0 Å². The Balaban J connectivity index is 0.000000839. The van der Waals surface area contributed by atoms with Crippen LogP contribution >= 0.6 is 0 Å². The molecule has 2 aromatic rings. The van der Waals surface area contributed by atoms with Crippen LogP contribution in [0.3, 0.4) is 0 Å². The molecule has 0 saturated heterocycles. The molecule has 0 radical (unpaired) electrons. The van der Waals surface area contributed by atoms with Crippen LogP contribution < -0.4 is 10.6 Å². The van der Waals surface area contributed by atoms with Gasteiger partial charge in [-0.3, -0.25) is 10.1 Å². The first-order chi connectivity index (χ1) is 18.5. The second kappa shape index (κ2) is 16.2. The SMILES string of the molecule is C#N.C=C/C=C\C=C.CC(C)C[C@H](NC(c1ccc(-c2c(F)cccc2F)cc1)C(F)(F)F)C(=O)NC1CC1. The maximum absolute atomic E-state index is 14.0. The van der Waals surface area contributed by atoms with Crippen LogP contribution in [-0.2, 0) is 4.79 Å². The summed E-state index contributed by atoms with van der Waals surface area (Å²) in [5, 5.41) is 11.7. The van der Waals surface area contributed by atoms with Crippen molar-refractivity contribution in [2.75, 3.05) is 0 Å². The number of carbonyl (C=O) groups excluding carboxylic acids is 1. The quantitative estimate of drug-likeness (QED) is 0.238. The number of hydrogen-bond acceptors (Lipinski definition) is 3. The minimum absolute atomic E-state index is 0.00254. The lowest BCUT2D eigenvalue weighted by atomic mass is 9.97. The number of nitriles is 1. The van der Waals surface area contributed by atoms with Gasteiger partial charge in [0, 0.05) is 12.6 Å². The Labute approximate surface area is 226 Å². The summed E-state index contributed by atoms with van der Waals surface area (Å²) in [5.41, 5.74) is -0.307. The topological polar surface area (TPSA) is 64.9 Å². The number of hydrogen-bond donors (Lipinski definition) is 2. The first-order valence-electron chi connectivity index (χ1n) is 12.3. The van der Waals surface area contributed by atoms with E-state index in [1.54, 1.807) is 12.2 Å². The van der Waals surface area contributed by atoms with E-state index in [4.69, 9.17) is 5.26 Å². The Bertz CT molecular complexity index is 1090. The molecule has 2 atom stereocenters. The van der Waals surface area contributed by atoms with Crippen molar-refractivity contribution in [2.45, 2.75) is 57.4 Å². The predicted molar refractivity (Wildman–Crippen MR) is 144 cm³/mol. The highest BCUT2D eigenvalue weighted by Crippen LogP contribution is 2.35. The van der Waals surface area contributed by atoms with Crippen LogP contribution in [0, 0.1) is 29.4 Å². The number of rotatable bonds is 10. The molecule has 0 aliphatic heterocycles. The fourth-order valence-corrected chi connectivity index (χ4v) is 3.61. The minimum atomic E-state index is -4.67. The third-order valence-electron chi connectivity index (χ3n) is 5.52. The van der Waals surface area contributed by atoms with Crippen molar-refractivity contribution < 1.29 is 26.7 Å². The van der Waals surface area contributed by atoms with E-state index in [9.17, 15) is 26.7 Å². The summed E-state index contributed by atoms with van der Waals surface area (Å²) >= 11 is 0. The van der Waals surface area contributed by atoms with Crippen LogP contribution in [0.1, 0.15) is 44.7 Å². The van der Waals surface area contributed by atoms with Crippen molar-refractivity contribution in [3.8, 4) is 17.7 Å². The van der Waals surface area contributed by atoms with Gasteiger partial charge in [0.15, 0.2) is 0 Å². The second-order valence-corrected chi connectivity index (χ2v) is 9.18. The molecule has 0 bridgehead atoms. The Morgan fingerprint density at radius 3 is 1.95 bits per heavy atom. The standard InChI is InChI=1S/C23H25F5N2O.C6H8.CHN/c1-13(2)12-19(22(31)29-16-10-11-16)30-21(23(26,27)28)15-8-6-14(7-9-15)20-17(24)4-3-5-18(20)25;1-3-5-6-4-2;1-2/h3-9,13,16,19,21,30H,10-12H2,1-2H3,(H,29,31);3-6H,1-2H2;1H/b;6-5-;/t19-,21?;;/m0../s1. The summed E-state index contributed by atoms with van der Waals surface area (Å²) in [6.07, 6.45) is 4.31. The lowest BCUT2D eigenvalue weighted by Gasteiger charge is -2.28. The first kappa shape index (κ1) is 33.3. The number of amides is 1. The van der Waals surface area contributed by atoms with Crippen LogP contribution in [0.15, 0.2) is 79.9 Å². The minimum Gasteiger partial charge on any atom is -0.352 e. The normalized spacial score (nSPS) is 14.3. The third-order valence-corrected chi connectivity index (χ3v) is 5.52. The average Bonchev–Trinajstić information content (AvgIpc) is 3.70. The Morgan fingerprint density at radius 1 is 1.03 bits per heavy atom. The molecule has 1 aliphatic rings. The van der Waals surface area contributed by atoms with Gasteiger partial charge in [0.1, 0.15) is 17.7 Å². The fourth-order valence-electron chi connectivity index (χ4n) is 3.61. The van der Waals surface area contributed by atoms with Gasteiger partial charge in [-0.15, -0.1) is 0 Å². The highest BCUT2D eigenvalue weighted by Gasteiger charge is 2.43. The number of allylic oxidation sites excluding steroid dienone is 4. The summed E-state index contributed by atoms with van der Waals surface area (Å²) in [6, 6.07) is 5.16. The Kier molecular flexibility index (Phi) is 13.9. The monoisotopic (exact) mass is 547 g/mol. The van der Waals surface area contributed by atoms with Gasteiger partial charge in [0.2, 0.25) is 5.91 Å². The zero-order valence-corrected chi connectivity index (χ0v) is 22.0. The van der Waals surface area contributed by atoms with E-state index in [1.165, 1.54) is 30.3 Å². The lowest BCUT2D eigenvalue weighted by molar-refractivity contribution is -0.161. The van der Waals surface area contributed by atoms with Crippen molar-refractivity contribution in [1.82, 2.24) is 10.6 Å². The third kappa shape index (κ3) is 11.2. The summed E-state index contributed by atoms with van der Waals surface area (Å²) in [4.78, 5) is 12.5. The number of benzene rings is 2. The largest absolute Gasteiger partial charge is 0.407 e. The molecule has 39 heavy (non-hydrogen) atoms. The van der Waals surface area contributed by atoms with Gasteiger partial charge in [-0.2, -0.15) is 13.2 Å². The predicted octanol–water partition coefficient (Wildman–Crippen LogP) is 7.57. The zero-order chi connectivity index (χ0) is 29.6. The number of nitrogens with zero attached hydrogens (tertiary/aromatic N) is 1. The van der Waals surface area contributed by atoms with Crippen molar-refractivity contribution in [3.63, 3.8) is 0 Å². The van der Waals surface area contributed by atoms with Gasteiger partial charge < -0.3 is 5.32 Å². The van der Waals surface area contributed by atoms with Gasteiger partial charge >= 0.3 is 6.18 Å². The summed E-state index contributed by atoms with van der Waals surface area (Å²) in [6.45, 7) is 14.1. The molecule has 1 unspecified atom stereocenters. The lowest BCUT2D eigenvalue weighted by Crippen LogP contribution is -2.50. The highest BCUT2D eigenvalue weighted by molar-refractivity contribution is 5.82. The van der Waals surface area contributed by atoms with E-state index in [1.807, 2.05) is 26.0 Å². The molecule has 210 valence electrons. The number of alkyl halides is 3. The van der Waals surface area contributed by atoms with E-state index >= 15 is 0 Å². The smallest absolute Gasteiger partial charge is 0.352 e. The molecule has 0 aromatic heterocycles. The van der Waals surface area contributed by atoms with Crippen LogP contribution in [0.4, 0.5) is 22.0 Å². The molecule has 2 N–H and O–H groups in total. The van der Waals surface area contributed by atoms with E-state index < -0.39 is 35.8 Å². The van der Waals surface area contributed by atoms with E-state index in [0.29, 0.717) is 0 Å².